The molecule has 0 aliphatic rings. The molecule has 17 heteroatoms. The van der Waals surface area contributed by atoms with Crippen LogP contribution in [0.5, 0.6) is 0 Å². The van der Waals surface area contributed by atoms with Gasteiger partial charge >= 0.3 is 0 Å². The van der Waals surface area contributed by atoms with Gasteiger partial charge < -0.3 is 5.73 Å². The van der Waals surface area contributed by atoms with Gasteiger partial charge in [0.25, 0.3) is 20.4 Å². The van der Waals surface area contributed by atoms with Crippen molar-refractivity contribution in [1.82, 2.24) is 4.72 Å². The van der Waals surface area contributed by atoms with Gasteiger partial charge in [0.15, 0.2) is 0 Å². The van der Waals surface area contributed by atoms with Crippen LogP contribution in [0.1, 0.15) is 41.5 Å². The zero-order valence-corrected chi connectivity index (χ0v) is 26.2. The zero-order chi connectivity index (χ0) is 29.6. The molecule has 0 bridgehead atoms. The average molecular weight is 711 g/mol. The van der Waals surface area contributed by atoms with Crippen LogP contribution in [0.2, 0.25) is 0 Å². The van der Waals surface area contributed by atoms with Gasteiger partial charge in [-0.15, -0.1) is 0 Å². The van der Waals surface area contributed by atoms with Gasteiger partial charge in [0, 0.05) is 55.0 Å². The van der Waals surface area contributed by atoms with Crippen molar-refractivity contribution in [2.24, 2.45) is 5.73 Å². The first kappa shape index (κ1) is 35.3. The van der Waals surface area contributed by atoms with E-state index < -0.39 is 34.5 Å². The van der Waals surface area contributed by atoms with E-state index >= 15 is 0 Å². The molecule has 37 heavy (non-hydrogen) atoms. The normalized spacial score (nSPS) is 11.9. The SMILES string of the molecule is CC(C)(C)N.CC(C)(C)NS(=O)(=O)c1cc([N+](=O)[O-])ccc1Br.O=[N+]([O-])c1ccc(Br)c(S(=O)(=O)Cl)c1. The van der Waals surface area contributed by atoms with Crippen LogP contribution in [-0.2, 0) is 19.1 Å². The van der Waals surface area contributed by atoms with Gasteiger partial charge in [0.1, 0.15) is 9.79 Å². The fourth-order valence-electron chi connectivity index (χ4n) is 2.06. The Morgan fingerprint density at radius 2 is 1.14 bits per heavy atom. The smallest absolute Gasteiger partial charge is 0.270 e. The fraction of sp³-hybridized carbons (Fsp3) is 0.400. The fourth-order valence-corrected chi connectivity index (χ4v) is 6.58. The number of halogens is 3. The van der Waals surface area contributed by atoms with Gasteiger partial charge in [0.2, 0.25) is 10.0 Å². The van der Waals surface area contributed by atoms with Crippen molar-refractivity contribution in [3.63, 3.8) is 0 Å². The molecule has 2 aromatic carbocycles. The Balaban J connectivity index is 0.000000605. The van der Waals surface area contributed by atoms with Crippen LogP contribution in [0, 0.1) is 20.2 Å². The summed E-state index contributed by atoms with van der Waals surface area (Å²) in [5.74, 6) is 0. The number of rotatable bonds is 5. The summed E-state index contributed by atoms with van der Waals surface area (Å²) >= 11 is 6.01. The number of nitro groups is 2. The Bertz CT molecular complexity index is 1350. The molecule has 0 atom stereocenters. The highest BCUT2D eigenvalue weighted by molar-refractivity contribution is 9.10. The molecule has 0 unspecified atom stereocenters. The Morgan fingerprint density at radius 1 is 0.811 bits per heavy atom. The van der Waals surface area contributed by atoms with E-state index in [0.717, 1.165) is 12.1 Å². The molecular formula is C20H27Br2ClN4O8S2. The van der Waals surface area contributed by atoms with Gasteiger partial charge in [-0.2, -0.15) is 0 Å². The highest BCUT2D eigenvalue weighted by Gasteiger charge is 2.26. The van der Waals surface area contributed by atoms with Crippen LogP contribution >= 0.6 is 42.5 Å². The number of sulfonamides is 1. The second-order valence-electron chi connectivity index (χ2n) is 9.40. The molecule has 0 aromatic heterocycles. The molecule has 2 rings (SSSR count). The largest absolute Gasteiger partial charge is 0.326 e. The van der Waals surface area contributed by atoms with Crippen molar-refractivity contribution < 1.29 is 26.7 Å². The summed E-state index contributed by atoms with van der Waals surface area (Å²) in [6.45, 7) is 11.0. The summed E-state index contributed by atoms with van der Waals surface area (Å²) in [6.07, 6.45) is 0. The van der Waals surface area contributed by atoms with E-state index in [1.165, 1.54) is 24.3 Å². The number of nitro benzene ring substituents is 2. The first-order valence-electron chi connectivity index (χ1n) is 10.0. The number of non-ortho nitro benzene ring substituents is 2. The quantitative estimate of drug-likeness (QED) is 0.230. The predicted molar refractivity (Wildman–Crippen MR) is 149 cm³/mol. The molecule has 0 saturated carbocycles. The number of nitrogens with zero attached hydrogens (tertiary/aromatic N) is 2. The predicted octanol–water partition coefficient (Wildman–Crippen LogP) is 5.46. The third-order valence-corrected chi connectivity index (χ3v) is 8.31. The first-order valence-corrected chi connectivity index (χ1v) is 15.4. The minimum absolute atomic E-state index is 0. The number of hydrogen-bond acceptors (Lipinski definition) is 9. The Morgan fingerprint density at radius 3 is 1.43 bits per heavy atom. The lowest BCUT2D eigenvalue weighted by atomic mass is 10.1. The Kier molecular flexibility index (Phi) is 12.8. The molecule has 0 spiro atoms. The molecule has 208 valence electrons. The summed E-state index contributed by atoms with van der Waals surface area (Å²) in [5.41, 5.74) is 4.09. The molecule has 0 aliphatic carbocycles. The van der Waals surface area contributed by atoms with Crippen LogP contribution in [0.15, 0.2) is 55.1 Å². The van der Waals surface area contributed by atoms with Crippen LogP contribution < -0.4 is 10.5 Å². The van der Waals surface area contributed by atoms with Crippen LogP contribution in [0.4, 0.5) is 11.4 Å². The third kappa shape index (κ3) is 14.2. The first-order chi connectivity index (χ1) is 16.3. The summed E-state index contributed by atoms with van der Waals surface area (Å²) in [5, 5.41) is 21.0. The molecule has 0 heterocycles. The minimum Gasteiger partial charge on any atom is -0.326 e. The summed E-state index contributed by atoms with van der Waals surface area (Å²) < 4.78 is 49.0. The summed E-state index contributed by atoms with van der Waals surface area (Å²) in [7, 11) is -2.71. The lowest BCUT2D eigenvalue weighted by Crippen LogP contribution is -2.40. The van der Waals surface area contributed by atoms with Crippen molar-refractivity contribution in [2.45, 2.75) is 62.4 Å². The van der Waals surface area contributed by atoms with E-state index in [2.05, 4.69) is 36.6 Å². The van der Waals surface area contributed by atoms with Crippen LogP contribution in [0.25, 0.3) is 0 Å². The van der Waals surface area contributed by atoms with Gasteiger partial charge in [-0.25, -0.2) is 21.6 Å². The number of hydrogen-bond donors (Lipinski definition) is 2. The molecule has 0 radical (unpaired) electrons. The maximum atomic E-state index is 12.1. The standard InChI is InChI=1S/C10H13BrN2O4S.C6H3BrClNO4S.C4H11N/c1-10(2,3)12-18(16,17)9-6-7(13(14)15)4-5-8(9)11;7-5-2-1-4(9(10)11)3-6(5)14(8,12)13;1-4(2,3)5/h4-6,12H,1-3H3;1-3H;5H2,1-3H3. The van der Waals surface area contributed by atoms with Crippen molar-refractivity contribution in [3.05, 3.63) is 65.6 Å². The lowest BCUT2D eigenvalue weighted by Gasteiger charge is -2.20. The Labute approximate surface area is 237 Å². The van der Waals surface area contributed by atoms with Gasteiger partial charge in [0.05, 0.1) is 9.85 Å². The zero-order valence-electron chi connectivity index (χ0n) is 20.7. The van der Waals surface area contributed by atoms with Gasteiger partial charge in [-0.3, -0.25) is 20.2 Å². The van der Waals surface area contributed by atoms with Crippen molar-refractivity contribution in [1.29, 1.82) is 0 Å². The van der Waals surface area contributed by atoms with Crippen molar-refractivity contribution in [2.75, 3.05) is 0 Å². The van der Waals surface area contributed by atoms with Crippen molar-refractivity contribution in [3.8, 4) is 0 Å². The summed E-state index contributed by atoms with van der Waals surface area (Å²) in [6, 6.07) is 6.93. The topological polar surface area (TPSA) is 193 Å². The molecular weight excluding hydrogens is 684 g/mol. The lowest BCUT2D eigenvalue weighted by molar-refractivity contribution is -0.385. The van der Waals surface area contributed by atoms with E-state index in [1.54, 1.807) is 20.8 Å². The number of benzene rings is 2. The number of nitrogens with one attached hydrogen (secondary N) is 1. The van der Waals surface area contributed by atoms with Crippen molar-refractivity contribution >= 4 is 73.0 Å². The second kappa shape index (κ2) is 13.4. The molecule has 12 nitrogen and oxygen atoms in total. The molecule has 3 N–H and O–H groups in total. The highest BCUT2D eigenvalue weighted by atomic mass is 79.9. The number of nitrogens with two attached hydrogens (primary N) is 1. The maximum Gasteiger partial charge on any atom is 0.270 e. The average Bonchev–Trinajstić information content (AvgIpc) is 2.64. The van der Waals surface area contributed by atoms with E-state index in [9.17, 15) is 37.1 Å². The monoisotopic (exact) mass is 708 g/mol. The van der Waals surface area contributed by atoms with E-state index in [0.29, 0.717) is 0 Å². The molecule has 2 aromatic rings. The van der Waals surface area contributed by atoms with E-state index in [-0.39, 0.29) is 35.7 Å². The molecule has 0 amide bonds. The van der Waals surface area contributed by atoms with Gasteiger partial charge in [-0.1, -0.05) is 0 Å². The molecule has 0 saturated heterocycles. The molecule has 0 aliphatic heterocycles. The van der Waals surface area contributed by atoms with E-state index in [4.69, 9.17) is 16.4 Å². The minimum atomic E-state index is -3.97. The van der Waals surface area contributed by atoms with Gasteiger partial charge in [-0.05, 0) is 85.5 Å². The Hall–Kier alpha value is -1.69. The molecule has 0 fully saturated rings. The van der Waals surface area contributed by atoms with Crippen LogP contribution in [0.3, 0.4) is 0 Å². The maximum absolute atomic E-state index is 12.1. The second-order valence-corrected chi connectivity index (χ2v) is 15.3. The highest BCUT2D eigenvalue weighted by Crippen LogP contribution is 2.29. The third-order valence-electron chi connectivity index (χ3n) is 3.24. The summed E-state index contributed by atoms with van der Waals surface area (Å²) in [4.78, 5) is 19.2. The van der Waals surface area contributed by atoms with E-state index in [1.807, 2.05) is 20.8 Å². The van der Waals surface area contributed by atoms with Crippen LogP contribution in [-0.4, -0.2) is 37.8 Å².